The highest BCUT2D eigenvalue weighted by Crippen LogP contribution is 1.78. The molecular formula is C6H12N2O. The highest BCUT2D eigenvalue weighted by Gasteiger charge is 1.97. The van der Waals surface area contributed by atoms with Crippen LogP contribution in [0.1, 0.15) is 6.92 Å². The van der Waals surface area contributed by atoms with Gasteiger partial charge in [0.25, 0.3) is 5.91 Å². The number of nitrogens with zero attached hydrogens (tertiary/aromatic N) is 1. The van der Waals surface area contributed by atoms with E-state index in [-0.39, 0.29) is 5.91 Å². The van der Waals surface area contributed by atoms with Gasteiger partial charge in [0, 0.05) is 20.2 Å². The van der Waals surface area contributed by atoms with E-state index in [1.165, 1.54) is 11.1 Å². The molecule has 52 valence electrons. The Labute approximate surface area is 55.3 Å². The molecule has 3 heteroatoms. The lowest BCUT2D eigenvalue weighted by Gasteiger charge is -2.11. The van der Waals surface area contributed by atoms with Gasteiger partial charge in [-0.1, -0.05) is 6.08 Å². The predicted octanol–water partition coefficient (Wildman–Crippen LogP) is 0.155. The highest BCUT2D eigenvalue weighted by molar-refractivity contribution is 5.86. The molecule has 0 aliphatic carbocycles. The minimum atomic E-state index is -0.0417. The molecule has 0 aromatic rings. The fraction of sp³-hybridized carbons (Fsp3) is 0.500. The molecule has 0 spiro atoms. The smallest absolute Gasteiger partial charge is 0.260 e. The second kappa shape index (κ2) is 4.09. The molecular weight excluding hydrogens is 116 g/mol. The maximum atomic E-state index is 10.8. The number of rotatable bonds is 2. The van der Waals surface area contributed by atoms with Gasteiger partial charge >= 0.3 is 0 Å². The van der Waals surface area contributed by atoms with Crippen LogP contribution in [0, 0.1) is 0 Å². The van der Waals surface area contributed by atoms with Crippen LogP contribution in [0.25, 0.3) is 0 Å². The van der Waals surface area contributed by atoms with Crippen molar-refractivity contribution in [3.05, 3.63) is 12.2 Å². The fourth-order valence-corrected chi connectivity index (χ4v) is 0.365. The Balaban J connectivity index is 3.73. The molecule has 0 aliphatic rings. The molecule has 0 heterocycles. The molecule has 0 saturated heterocycles. The van der Waals surface area contributed by atoms with Crippen molar-refractivity contribution < 1.29 is 4.79 Å². The SMILES string of the molecule is C/C=C/C(=O)N(C)NC. The molecule has 3 nitrogen and oxygen atoms in total. The van der Waals surface area contributed by atoms with Crippen LogP contribution >= 0.6 is 0 Å². The van der Waals surface area contributed by atoms with Crippen molar-refractivity contribution in [1.29, 1.82) is 0 Å². The van der Waals surface area contributed by atoms with Crippen LogP contribution in [0.2, 0.25) is 0 Å². The Morgan fingerprint density at radius 1 is 1.67 bits per heavy atom. The molecule has 0 radical (unpaired) electrons. The zero-order chi connectivity index (χ0) is 7.28. The summed E-state index contributed by atoms with van der Waals surface area (Å²) in [5.41, 5.74) is 2.68. The van der Waals surface area contributed by atoms with Crippen LogP contribution in [-0.2, 0) is 4.79 Å². The van der Waals surface area contributed by atoms with E-state index in [1.54, 1.807) is 27.1 Å². The normalized spacial score (nSPS) is 10.1. The first-order valence-electron chi connectivity index (χ1n) is 2.80. The fourth-order valence-electron chi connectivity index (χ4n) is 0.365. The lowest BCUT2D eigenvalue weighted by atomic mass is 10.5. The average molecular weight is 128 g/mol. The molecule has 1 N–H and O–H groups in total. The van der Waals surface area contributed by atoms with Crippen molar-refractivity contribution in [2.75, 3.05) is 14.1 Å². The highest BCUT2D eigenvalue weighted by atomic mass is 16.2. The Morgan fingerprint density at radius 2 is 2.22 bits per heavy atom. The molecule has 0 rings (SSSR count). The second-order valence-corrected chi connectivity index (χ2v) is 1.62. The van der Waals surface area contributed by atoms with Gasteiger partial charge < -0.3 is 0 Å². The van der Waals surface area contributed by atoms with Crippen molar-refractivity contribution in [2.24, 2.45) is 0 Å². The van der Waals surface area contributed by atoms with E-state index in [9.17, 15) is 4.79 Å². The van der Waals surface area contributed by atoms with E-state index >= 15 is 0 Å². The minimum Gasteiger partial charge on any atom is -0.278 e. The topological polar surface area (TPSA) is 32.3 Å². The summed E-state index contributed by atoms with van der Waals surface area (Å²) < 4.78 is 0. The summed E-state index contributed by atoms with van der Waals surface area (Å²) in [4.78, 5) is 10.8. The van der Waals surface area contributed by atoms with Crippen molar-refractivity contribution in [3.63, 3.8) is 0 Å². The average Bonchev–Trinajstić information content (AvgIpc) is 1.87. The summed E-state index contributed by atoms with van der Waals surface area (Å²) in [6.07, 6.45) is 3.20. The molecule has 0 aromatic carbocycles. The van der Waals surface area contributed by atoms with E-state index in [1.807, 2.05) is 0 Å². The van der Waals surface area contributed by atoms with Crippen molar-refractivity contribution >= 4 is 5.91 Å². The van der Waals surface area contributed by atoms with Gasteiger partial charge in [0.2, 0.25) is 0 Å². The third-order valence-electron chi connectivity index (χ3n) is 0.975. The van der Waals surface area contributed by atoms with E-state index in [2.05, 4.69) is 5.43 Å². The summed E-state index contributed by atoms with van der Waals surface area (Å²) in [6.45, 7) is 1.81. The molecule has 0 unspecified atom stereocenters. The van der Waals surface area contributed by atoms with Gasteiger partial charge in [-0.2, -0.15) is 0 Å². The number of likely N-dealkylation sites (N-methyl/N-ethyl adjacent to an activating group) is 1. The van der Waals surface area contributed by atoms with E-state index in [0.29, 0.717) is 0 Å². The largest absolute Gasteiger partial charge is 0.278 e. The van der Waals surface area contributed by atoms with Gasteiger partial charge in [0.15, 0.2) is 0 Å². The first kappa shape index (κ1) is 8.17. The maximum absolute atomic E-state index is 10.8. The zero-order valence-corrected chi connectivity index (χ0v) is 6.01. The number of nitrogens with one attached hydrogen (secondary N) is 1. The third kappa shape index (κ3) is 2.87. The van der Waals surface area contributed by atoms with Crippen molar-refractivity contribution in [1.82, 2.24) is 10.4 Å². The molecule has 0 fully saturated rings. The molecule has 0 atom stereocenters. The van der Waals surface area contributed by atoms with Crippen LogP contribution in [0.4, 0.5) is 0 Å². The van der Waals surface area contributed by atoms with Crippen LogP contribution in [0.15, 0.2) is 12.2 Å². The third-order valence-corrected chi connectivity index (χ3v) is 0.975. The number of carbonyl (C=O) groups is 1. The van der Waals surface area contributed by atoms with E-state index in [4.69, 9.17) is 0 Å². The number of allylic oxidation sites excluding steroid dienone is 1. The molecule has 1 amide bonds. The van der Waals surface area contributed by atoms with Crippen molar-refractivity contribution in [3.8, 4) is 0 Å². The zero-order valence-electron chi connectivity index (χ0n) is 6.01. The molecule has 0 bridgehead atoms. The van der Waals surface area contributed by atoms with Gasteiger partial charge in [-0.3, -0.25) is 9.80 Å². The Kier molecular flexibility index (Phi) is 3.71. The molecule has 0 saturated carbocycles. The quantitative estimate of drug-likeness (QED) is 0.424. The van der Waals surface area contributed by atoms with E-state index in [0.717, 1.165) is 0 Å². The lowest BCUT2D eigenvalue weighted by molar-refractivity contribution is -0.127. The monoisotopic (exact) mass is 128 g/mol. The maximum Gasteiger partial charge on any atom is 0.260 e. The summed E-state index contributed by atoms with van der Waals surface area (Å²) in [7, 11) is 3.36. The molecule has 9 heavy (non-hydrogen) atoms. The summed E-state index contributed by atoms with van der Waals surface area (Å²) in [6, 6.07) is 0. The Morgan fingerprint density at radius 3 is 2.56 bits per heavy atom. The van der Waals surface area contributed by atoms with Crippen LogP contribution < -0.4 is 5.43 Å². The van der Waals surface area contributed by atoms with Crippen molar-refractivity contribution in [2.45, 2.75) is 6.92 Å². The Hall–Kier alpha value is -0.830. The van der Waals surface area contributed by atoms with Gasteiger partial charge in [-0.05, 0) is 6.92 Å². The van der Waals surface area contributed by atoms with Gasteiger partial charge in [-0.25, -0.2) is 5.43 Å². The van der Waals surface area contributed by atoms with Crippen LogP contribution in [-0.4, -0.2) is 25.0 Å². The molecule has 0 aliphatic heterocycles. The number of hydrogen-bond acceptors (Lipinski definition) is 2. The molecule has 0 aromatic heterocycles. The predicted molar refractivity (Wildman–Crippen MR) is 36.6 cm³/mol. The van der Waals surface area contributed by atoms with Crippen LogP contribution in [0.5, 0.6) is 0 Å². The van der Waals surface area contributed by atoms with Crippen LogP contribution in [0.3, 0.4) is 0 Å². The van der Waals surface area contributed by atoms with Gasteiger partial charge in [0.05, 0.1) is 0 Å². The van der Waals surface area contributed by atoms with Gasteiger partial charge in [0.1, 0.15) is 0 Å². The number of hydrazine groups is 1. The van der Waals surface area contributed by atoms with E-state index < -0.39 is 0 Å². The minimum absolute atomic E-state index is 0.0417. The first-order valence-corrected chi connectivity index (χ1v) is 2.80. The van der Waals surface area contributed by atoms with Gasteiger partial charge in [-0.15, -0.1) is 0 Å². The number of amides is 1. The number of hydrogen-bond donors (Lipinski definition) is 1. The summed E-state index contributed by atoms with van der Waals surface area (Å²) >= 11 is 0. The second-order valence-electron chi connectivity index (χ2n) is 1.62. The standard InChI is InChI=1S/C6H12N2O/c1-4-5-6(9)8(3)7-2/h4-5,7H,1-3H3/b5-4+. The summed E-state index contributed by atoms with van der Waals surface area (Å²) in [5, 5.41) is 1.40. The Bertz CT molecular complexity index is 120. The number of carbonyl (C=O) groups excluding carboxylic acids is 1. The lowest BCUT2D eigenvalue weighted by Crippen LogP contribution is -2.35. The first-order chi connectivity index (χ1) is 4.22. The summed E-state index contributed by atoms with van der Waals surface area (Å²) in [5.74, 6) is -0.0417.